The van der Waals surface area contributed by atoms with E-state index in [0.29, 0.717) is 12.0 Å². The molecule has 3 rings (SSSR count). The number of ether oxygens (including phenoxy) is 1. The van der Waals surface area contributed by atoms with E-state index in [1.807, 2.05) is 6.92 Å². The quantitative estimate of drug-likeness (QED) is 0.632. The highest BCUT2D eigenvalue weighted by Crippen LogP contribution is 2.47. The minimum absolute atomic E-state index is 0.0852. The highest BCUT2D eigenvalue weighted by Gasteiger charge is 2.56. The molecule has 0 saturated carbocycles. The second-order valence-electron chi connectivity index (χ2n) is 5.14. The van der Waals surface area contributed by atoms with Gasteiger partial charge in [0.05, 0.1) is 18.2 Å². The van der Waals surface area contributed by atoms with Crippen LogP contribution in [0.25, 0.3) is 0 Å². The van der Waals surface area contributed by atoms with Crippen LogP contribution in [0.15, 0.2) is 11.8 Å². The summed E-state index contributed by atoms with van der Waals surface area (Å²) in [6, 6.07) is 0.250. The Hall–Kier alpha value is -1.36. The first-order valence-electron chi connectivity index (χ1n) is 6.00. The third-order valence-electron chi connectivity index (χ3n) is 4.19. The van der Waals surface area contributed by atoms with Gasteiger partial charge in [-0.3, -0.25) is 4.79 Å². The van der Waals surface area contributed by atoms with Crippen LogP contribution in [0.2, 0.25) is 0 Å². The Morgan fingerprint density at radius 3 is 3.06 bits per heavy atom. The molecule has 2 atom stereocenters. The fraction of sp³-hybridized carbons (Fsp3) is 0.667. The third kappa shape index (κ3) is 1.23. The van der Waals surface area contributed by atoms with Gasteiger partial charge < -0.3 is 4.74 Å². The Kier molecular flexibility index (Phi) is 2.10. The van der Waals surface area contributed by atoms with E-state index >= 15 is 0 Å². The van der Waals surface area contributed by atoms with E-state index in [9.17, 15) is 9.59 Å². The van der Waals surface area contributed by atoms with Crippen LogP contribution < -0.4 is 0 Å². The molecule has 0 N–H and O–H groups in total. The van der Waals surface area contributed by atoms with Gasteiger partial charge >= 0.3 is 5.97 Å². The summed E-state index contributed by atoms with van der Waals surface area (Å²) < 4.78 is 4.82. The van der Waals surface area contributed by atoms with Gasteiger partial charge in [0.15, 0.2) is 0 Å². The number of rotatable bonds is 1. The number of methoxy groups -OCH3 is 1. The summed E-state index contributed by atoms with van der Waals surface area (Å²) in [6.45, 7) is 2.03. The van der Waals surface area contributed by atoms with E-state index in [1.165, 1.54) is 7.11 Å². The van der Waals surface area contributed by atoms with E-state index < -0.39 is 0 Å². The molecule has 0 aliphatic carbocycles. The molecule has 0 aromatic carbocycles. The number of amides is 1. The lowest BCUT2D eigenvalue weighted by Crippen LogP contribution is -2.54. The van der Waals surface area contributed by atoms with E-state index in [0.717, 1.165) is 19.3 Å². The van der Waals surface area contributed by atoms with Crippen LogP contribution in [0.3, 0.4) is 0 Å². The van der Waals surface area contributed by atoms with Crippen molar-refractivity contribution >= 4 is 11.9 Å². The molecule has 0 unspecified atom stereocenters. The first-order chi connectivity index (χ1) is 8.08. The molecule has 5 heteroatoms. The highest BCUT2D eigenvalue weighted by atomic mass is 16.5. The minimum atomic E-state index is -0.359. The average molecular weight is 236 g/mol. The van der Waals surface area contributed by atoms with Crippen molar-refractivity contribution in [2.24, 2.45) is 0 Å². The van der Waals surface area contributed by atoms with Crippen molar-refractivity contribution in [1.29, 1.82) is 0 Å². The summed E-state index contributed by atoms with van der Waals surface area (Å²) >= 11 is 0. The predicted octanol–water partition coefficient (Wildman–Crippen LogP) is 0.817. The molecule has 0 bridgehead atoms. The molecule has 2 saturated heterocycles. The highest BCUT2D eigenvalue weighted by molar-refractivity contribution is 5.93. The smallest absolute Gasteiger partial charge is 0.337 e. The summed E-state index contributed by atoms with van der Waals surface area (Å²) in [5.74, 6) is -0.239. The molecule has 0 aromatic heterocycles. The van der Waals surface area contributed by atoms with Crippen molar-refractivity contribution < 1.29 is 14.3 Å². The molecule has 3 heterocycles. The van der Waals surface area contributed by atoms with Crippen molar-refractivity contribution in [3.63, 3.8) is 0 Å². The van der Waals surface area contributed by atoms with Gasteiger partial charge in [0, 0.05) is 18.7 Å². The summed E-state index contributed by atoms with van der Waals surface area (Å²) in [6.07, 6.45) is 5.21. The van der Waals surface area contributed by atoms with Crippen LogP contribution in [0.4, 0.5) is 0 Å². The molecule has 17 heavy (non-hydrogen) atoms. The van der Waals surface area contributed by atoms with Crippen LogP contribution in [0, 0.1) is 0 Å². The van der Waals surface area contributed by atoms with Gasteiger partial charge in [0.25, 0.3) is 0 Å². The number of hydrazine groups is 1. The zero-order valence-electron chi connectivity index (χ0n) is 10.1. The van der Waals surface area contributed by atoms with Gasteiger partial charge in [-0.15, -0.1) is 0 Å². The lowest BCUT2D eigenvalue weighted by atomic mass is 9.81. The van der Waals surface area contributed by atoms with Crippen LogP contribution >= 0.6 is 0 Å². The average Bonchev–Trinajstić information content (AvgIpc) is 2.79. The van der Waals surface area contributed by atoms with E-state index in [1.54, 1.807) is 11.2 Å². The fourth-order valence-electron chi connectivity index (χ4n) is 3.38. The number of carbonyl (C=O) groups excluding carboxylic acids is 2. The van der Waals surface area contributed by atoms with E-state index in [4.69, 9.17) is 4.74 Å². The maximum atomic E-state index is 11.9. The van der Waals surface area contributed by atoms with Gasteiger partial charge in [-0.2, -0.15) is 0 Å². The van der Waals surface area contributed by atoms with Gasteiger partial charge in [-0.05, 0) is 26.2 Å². The lowest BCUT2D eigenvalue weighted by molar-refractivity contribution is -0.142. The third-order valence-corrected chi connectivity index (χ3v) is 4.19. The van der Waals surface area contributed by atoms with Crippen molar-refractivity contribution in [2.45, 2.75) is 44.2 Å². The summed E-state index contributed by atoms with van der Waals surface area (Å²) in [7, 11) is 1.38. The summed E-state index contributed by atoms with van der Waals surface area (Å²) in [4.78, 5) is 23.7. The monoisotopic (exact) mass is 236 g/mol. The maximum absolute atomic E-state index is 11.9. The Morgan fingerprint density at radius 2 is 2.35 bits per heavy atom. The molecule has 0 spiro atoms. The standard InChI is InChI=1S/C12H16N2O3/c1-12-5-3-4-8-6-10(15)13(14(8)12)7-9(12)11(16)17-2/h7-8H,3-6H2,1-2H3/t8-,12-/m0/s1. The Morgan fingerprint density at radius 1 is 1.59 bits per heavy atom. The van der Waals surface area contributed by atoms with E-state index in [2.05, 4.69) is 5.01 Å². The number of hydrogen-bond donors (Lipinski definition) is 0. The fourth-order valence-corrected chi connectivity index (χ4v) is 3.38. The SMILES string of the molecule is COC(=O)C1=CN2C(=O)C[C@@H]3CCC[C@]1(C)N32. The van der Waals surface area contributed by atoms with Crippen LogP contribution in [0.5, 0.6) is 0 Å². The predicted molar refractivity (Wildman–Crippen MR) is 59.4 cm³/mol. The van der Waals surface area contributed by atoms with Gasteiger partial charge in [0.1, 0.15) is 0 Å². The molecular weight excluding hydrogens is 220 g/mol. The van der Waals surface area contributed by atoms with Gasteiger partial charge in [0.2, 0.25) is 5.91 Å². The largest absolute Gasteiger partial charge is 0.466 e. The second-order valence-corrected chi connectivity index (χ2v) is 5.14. The van der Waals surface area contributed by atoms with Crippen molar-refractivity contribution in [2.75, 3.05) is 7.11 Å². The normalized spacial score (nSPS) is 35.9. The van der Waals surface area contributed by atoms with Crippen LogP contribution in [-0.4, -0.2) is 40.6 Å². The number of carbonyl (C=O) groups is 2. The summed E-state index contributed by atoms with van der Waals surface area (Å²) in [5.41, 5.74) is 0.250. The molecular formula is C12H16N2O3. The second kappa shape index (κ2) is 3.32. The number of piperidine rings is 1. The first kappa shape index (κ1) is 10.8. The molecule has 1 amide bonds. The lowest BCUT2D eigenvalue weighted by Gasteiger charge is -2.43. The molecule has 3 aliphatic heterocycles. The number of hydrogen-bond acceptors (Lipinski definition) is 4. The zero-order valence-corrected chi connectivity index (χ0v) is 10.1. The molecule has 0 radical (unpaired) electrons. The van der Waals surface area contributed by atoms with Crippen LogP contribution in [0.1, 0.15) is 32.6 Å². The summed E-state index contributed by atoms with van der Waals surface area (Å²) in [5, 5.41) is 3.70. The van der Waals surface area contributed by atoms with Crippen molar-refractivity contribution in [3.05, 3.63) is 11.8 Å². The minimum Gasteiger partial charge on any atom is -0.466 e. The van der Waals surface area contributed by atoms with Crippen molar-refractivity contribution in [3.8, 4) is 0 Å². The molecule has 3 aliphatic rings. The number of esters is 1. The van der Waals surface area contributed by atoms with Gasteiger partial charge in [-0.25, -0.2) is 14.8 Å². The molecule has 2 fully saturated rings. The molecule has 92 valence electrons. The topological polar surface area (TPSA) is 49.9 Å². The number of nitrogens with zero attached hydrogens (tertiary/aromatic N) is 2. The Balaban J connectivity index is 2.05. The zero-order chi connectivity index (χ0) is 12.2. The Bertz CT molecular complexity index is 431. The van der Waals surface area contributed by atoms with E-state index in [-0.39, 0.29) is 23.5 Å². The van der Waals surface area contributed by atoms with Crippen molar-refractivity contribution in [1.82, 2.24) is 10.0 Å². The molecule has 5 nitrogen and oxygen atoms in total. The maximum Gasteiger partial charge on any atom is 0.337 e. The molecule has 0 aromatic rings. The van der Waals surface area contributed by atoms with Crippen LogP contribution in [-0.2, 0) is 14.3 Å². The Labute approximate surface area is 100.0 Å². The van der Waals surface area contributed by atoms with Gasteiger partial charge in [-0.1, -0.05) is 0 Å². The first-order valence-corrected chi connectivity index (χ1v) is 6.00.